The van der Waals surface area contributed by atoms with Crippen molar-refractivity contribution in [2.24, 2.45) is 17.3 Å². The summed E-state index contributed by atoms with van der Waals surface area (Å²) in [6.07, 6.45) is 4.85. The molecule has 0 bridgehead atoms. The van der Waals surface area contributed by atoms with E-state index in [-0.39, 0.29) is 12.5 Å². The van der Waals surface area contributed by atoms with Gasteiger partial charge in [-0.05, 0) is 24.7 Å². The van der Waals surface area contributed by atoms with E-state index in [0.717, 1.165) is 19.3 Å². The third kappa shape index (κ3) is 4.51. The van der Waals surface area contributed by atoms with Crippen molar-refractivity contribution >= 4 is 11.9 Å². The van der Waals surface area contributed by atoms with E-state index in [1.54, 1.807) is 0 Å². The number of amides is 1. The van der Waals surface area contributed by atoms with Crippen molar-refractivity contribution in [1.82, 2.24) is 5.32 Å². The lowest BCUT2D eigenvalue weighted by Crippen LogP contribution is -2.44. The molecule has 0 aromatic rings. The number of aliphatic carboxylic acids is 1. The third-order valence-corrected chi connectivity index (χ3v) is 4.53. The van der Waals surface area contributed by atoms with Gasteiger partial charge in [0.05, 0.1) is 5.41 Å². The maximum Gasteiger partial charge on any atom is 0.311 e. The molecule has 0 spiro atoms. The van der Waals surface area contributed by atoms with Crippen molar-refractivity contribution in [3.8, 4) is 0 Å². The van der Waals surface area contributed by atoms with Crippen LogP contribution in [-0.4, -0.2) is 23.5 Å². The molecule has 1 saturated carbocycles. The second-order valence-corrected chi connectivity index (χ2v) is 6.35. The van der Waals surface area contributed by atoms with Gasteiger partial charge >= 0.3 is 5.97 Å². The zero-order chi connectivity index (χ0) is 14.5. The molecule has 0 aromatic heterocycles. The summed E-state index contributed by atoms with van der Waals surface area (Å²) in [6, 6.07) is 0. The van der Waals surface area contributed by atoms with Crippen LogP contribution < -0.4 is 5.32 Å². The topological polar surface area (TPSA) is 66.4 Å². The first kappa shape index (κ1) is 16.0. The van der Waals surface area contributed by atoms with Crippen molar-refractivity contribution in [2.45, 2.75) is 59.3 Å². The van der Waals surface area contributed by atoms with Gasteiger partial charge in [0, 0.05) is 13.0 Å². The average Bonchev–Trinajstić information content (AvgIpc) is 2.37. The highest BCUT2D eigenvalue weighted by Gasteiger charge is 2.39. The Labute approximate surface area is 116 Å². The Morgan fingerprint density at radius 3 is 2.21 bits per heavy atom. The van der Waals surface area contributed by atoms with E-state index in [0.29, 0.717) is 31.1 Å². The van der Waals surface area contributed by atoms with E-state index >= 15 is 0 Å². The third-order valence-electron chi connectivity index (χ3n) is 4.53. The van der Waals surface area contributed by atoms with Gasteiger partial charge in [-0.3, -0.25) is 9.59 Å². The second-order valence-electron chi connectivity index (χ2n) is 6.35. The minimum absolute atomic E-state index is 0.0209. The number of carbonyl (C=O) groups excluding carboxylic acids is 1. The van der Waals surface area contributed by atoms with Crippen LogP contribution in [0.3, 0.4) is 0 Å². The molecule has 0 radical (unpaired) electrons. The lowest BCUT2D eigenvalue weighted by Gasteiger charge is -2.33. The summed E-state index contributed by atoms with van der Waals surface area (Å²) in [5.41, 5.74) is -0.727. The molecule has 1 aliphatic carbocycles. The Balaban J connectivity index is 2.48. The van der Waals surface area contributed by atoms with Crippen LogP contribution in [0, 0.1) is 17.3 Å². The number of carboxylic acids is 1. The van der Waals surface area contributed by atoms with Gasteiger partial charge < -0.3 is 10.4 Å². The minimum Gasteiger partial charge on any atom is -0.481 e. The molecule has 1 rings (SSSR count). The number of rotatable bonds is 6. The lowest BCUT2D eigenvalue weighted by atomic mass is 9.74. The Kier molecular flexibility index (Phi) is 5.83. The summed E-state index contributed by atoms with van der Waals surface area (Å²) in [6.45, 7) is 6.53. The second kappa shape index (κ2) is 6.92. The standard InChI is InChI=1S/C15H27NO3/c1-11(2)12(3)9-13(17)16-10-15(14(18)19)7-5-4-6-8-15/h11-12H,4-10H2,1-3H3,(H,16,17)(H,18,19). The van der Waals surface area contributed by atoms with Crippen LogP contribution in [0.2, 0.25) is 0 Å². The molecule has 0 saturated heterocycles. The largest absolute Gasteiger partial charge is 0.481 e. The van der Waals surface area contributed by atoms with Gasteiger partial charge in [0.2, 0.25) is 5.91 Å². The molecule has 110 valence electrons. The van der Waals surface area contributed by atoms with Crippen molar-refractivity contribution in [3.63, 3.8) is 0 Å². The molecule has 2 N–H and O–H groups in total. The van der Waals surface area contributed by atoms with Gasteiger partial charge in [0.15, 0.2) is 0 Å². The average molecular weight is 269 g/mol. The molecule has 1 amide bonds. The molecule has 0 aromatic carbocycles. The van der Waals surface area contributed by atoms with Crippen molar-refractivity contribution in [1.29, 1.82) is 0 Å². The van der Waals surface area contributed by atoms with Crippen LogP contribution in [0.25, 0.3) is 0 Å². The monoisotopic (exact) mass is 269 g/mol. The highest BCUT2D eigenvalue weighted by Crippen LogP contribution is 2.36. The number of carbonyl (C=O) groups is 2. The summed E-state index contributed by atoms with van der Waals surface area (Å²) < 4.78 is 0. The first-order chi connectivity index (χ1) is 8.87. The van der Waals surface area contributed by atoms with Crippen LogP contribution >= 0.6 is 0 Å². The Hall–Kier alpha value is -1.06. The number of hydrogen-bond donors (Lipinski definition) is 2. The zero-order valence-electron chi connectivity index (χ0n) is 12.4. The van der Waals surface area contributed by atoms with Gasteiger partial charge in [0.1, 0.15) is 0 Å². The Morgan fingerprint density at radius 1 is 1.16 bits per heavy atom. The SMILES string of the molecule is CC(C)C(C)CC(=O)NCC1(C(=O)O)CCCCC1. The van der Waals surface area contributed by atoms with Crippen LogP contribution in [0.4, 0.5) is 0 Å². The van der Waals surface area contributed by atoms with Gasteiger partial charge in [-0.1, -0.05) is 40.0 Å². The zero-order valence-corrected chi connectivity index (χ0v) is 12.4. The number of carboxylic acid groups (broad SMARTS) is 1. The maximum absolute atomic E-state index is 11.9. The molecular formula is C15H27NO3. The Bertz CT molecular complexity index is 319. The van der Waals surface area contributed by atoms with Crippen molar-refractivity contribution in [2.75, 3.05) is 6.54 Å². The van der Waals surface area contributed by atoms with E-state index in [2.05, 4.69) is 26.1 Å². The van der Waals surface area contributed by atoms with E-state index in [9.17, 15) is 14.7 Å². The van der Waals surface area contributed by atoms with E-state index in [1.807, 2.05) is 0 Å². The molecule has 0 heterocycles. The maximum atomic E-state index is 11.9. The fourth-order valence-corrected chi connectivity index (χ4v) is 2.56. The quantitative estimate of drug-likeness (QED) is 0.779. The summed E-state index contributed by atoms with van der Waals surface area (Å²) in [7, 11) is 0. The molecule has 0 aliphatic heterocycles. The normalized spacial score (nSPS) is 20.0. The summed E-state index contributed by atoms with van der Waals surface area (Å²) in [5, 5.41) is 12.3. The highest BCUT2D eigenvalue weighted by atomic mass is 16.4. The van der Waals surface area contributed by atoms with Crippen LogP contribution in [-0.2, 0) is 9.59 Å². The van der Waals surface area contributed by atoms with Gasteiger partial charge in [0.25, 0.3) is 0 Å². The molecule has 1 fully saturated rings. The van der Waals surface area contributed by atoms with Crippen LogP contribution in [0.5, 0.6) is 0 Å². The van der Waals surface area contributed by atoms with Crippen molar-refractivity contribution in [3.05, 3.63) is 0 Å². The molecule has 19 heavy (non-hydrogen) atoms. The summed E-state index contributed by atoms with van der Waals surface area (Å²) in [5.74, 6) is 0.0119. The predicted molar refractivity (Wildman–Crippen MR) is 74.8 cm³/mol. The predicted octanol–water partition coefficient (Wildman–Crippen LogP) is 2.82. The molecular weight excluding hydrogens is 242 g/mol. The first-order valence-corrected chi connectivity index (χ1v) is 7.37. The summed E-state index contributed by atoms with van der Waals surface area (Å²) in [4.78, 5) is 23.3. The molecule has 1 atom stereocenters. The Morgan fingerprint density at radius 2 is 1.74 bits per heavy atom. The van der Waals surface area contributed by atoms with E-state index in [1.165, 1.54) is 0 Å². The van der Waals surface area contributed by atoms with Crippen LogP contribution in [0.15, 0.2) is 0 Å². The fourth-order valence-electron chi connectivity index (χ4n) is 2.56. The smallest absolute Gasteiger partial charge is 0.311 e. The number of nitrogens with one attached hydrogen (secondary N) is 1. The van der Waals surface area contributed by atoms with Crippen LogP contribution in [0.1, 0.15) is 59.3 Å². The minimum atomic E-state index is -0.760. The van der Waals surface area contributed by atoms with Crippen molar-refractivity contribution < 1.29 is 14.7 Å². The van der Waals surface area contributed by atoms with E-state index in [4.69, 9.17) is 0 Å². The fraction of sp³-hybridized carbons (Fsp3) is 0.867. The molecule has 1 aliphatic rings. The number of hydrogen-bond acceptors (Lipinski definition) is 2. The van der Waals surface area contributed by atoms with Gasteiger partial charge in [-0.15, -0.1) is 0 Å². The summed E-state index contributed by atoms with van der Waals surface area (Å²) >= 11 is 0. The molecule has 4 heteroatoms. The first-order valence-electron chi connectivity index (χ1n) is 7.37. The molecule has 1 unspecified atom stereocenters. The van der Waals surface area contributed by atoms with Gasteiger partial charge in [-0.25, -0.2) is 0 Å². The molecule has 4 nitrogen and oxygen atoms in total. The lowest BCUT2D eigenvalue weighted by molar-refractivity contribution is -0.151. The van der Waals surface area contributed by atoms with E-state index < -0.39 is 11.4 Å². The highest BCUT2D eigenvalue weighted by molar-refractivity contribution is 5.79. The van der Waals surface area contributed by atoms with Gasteiger partial charge in [-0.2, -0.15) is 0 Å².